The van der Waals surface area contributed by atoms with Crippen LogP contribution in [0.25, 0.3) is 0 Å². The molecule has 0 unspecified atom stereocenters. The zero-order valence-electron chi connectivity index (χ0n) is 13.2. The van der Waals surface area contributed by atoms with Crippen LogP contribution in [0.3, 0.4) is 0 Å². The number of carbonyl (C=O) groups is 2. The molecule has 0 bridgehead atoms. The molecule has 7 heteroatoms. The number of aryl methyl sites for hydroxylation is 1. The lowest BCUT2D eigenvalue weighted by atomic mass is 10.1. The van der Waals surface area contributed by atoms with E-state index in [1.807, 2.05) is 0 Å². The van der Waals surface area contributed by atoms with E-state index in [1.54, 1.807) is 32.9 Å². The van der Waals surface area contributed by atoms with Crippen molar-refractivity contribution >= 4 is 21.7 Å². The second kappa shape index (κ2) is 6.91. The summed E-state index contributed by atoms with van der Waals surface area (Å²) in [6.07, 6.45) is 0.933. The molecule has 6 nitrogen and oxygen atoms in total. The molecule has 22 heavy (non-hydrogen) atoms. The second-order valence-electron chi connectivity index (χ2n) is 5.49. The molecule has 1 aromatic carbocycles. The van der Waals surface area contributed by atoms with Gasteiger partial charge in [0.2, 0.25) is 0 Å². The van der Waals surface area contributed by atoms with Gasteiger partial charge in [0.05, 0.1) is 11.3 Å². The number of nitrogens with zero attached hydrogens (tertiary/aromatic N) is 1. The van der Waals surface area contributed by atoms with Gasteiger partial charge in [0.1, 0.15) is 0 Å². The number of benzene rings is 1. The van der Waals surface area contributed by atoms with Crippen molar-refractivity contribution in [2.45, 2.75) is 38.1 Å². The van der Waals surface area contributed by atoms with E-state index in [-0.39, 0.29) is 35.4 Å². The molecule has 122 valence electrons. The Labute approximate surface area is 130 Å². The molecule has 0 atom stereocenters. The van der Waals surface area contributed by atoms with Crippen molar-refractivity contribution in [1.82, 2.24) is 4.90 Å². The Morgan fingerprint density at radius 3 is 2.32 bits per heavy atom. The quantitative estimate of drug-likeness (QED) is 0.859. The van der Waals surface area contributed by atoms with Gasteiger partial charge in [0.25, 0.3) is 5.91 Å². The Kier molecular flexibility index (Phi) is 5.71. The molecule has 0 aromatic heterocycles. The molecule has 1 rings (SSSR count). The fourth-order valence-electron chi connectivity index (χ4n) is 2.11. The fraction of sp³-hybridized carbons (Fsp3) is 0.467. The molecule has 1 N–H and O–H groups in total. The van der Waals surface area contributed by atoms with Crippen molar-refractivity contribution in [3.63, 3.8) is 0 Å². The second-order valence-corrected chi connectivity index (χ2v) is 7.47. The van der Waals surface area contributed by atoms with Crippen LogP contribution < -0.4 is 0 Å². The molecule has 0 radical (unpaired) electrons. The van der Waals surface area contributed by atoms with Crippen molar-refractivity contribution in [1.29, 1.82) is 0 Å². The summed E-state index contributed by atoms with van der Waals surface area (Å²) in [5.41, 5.74) is 0.811. The Balaban J connectivity index is 3.17. The van der Waals surface area contributed by atoms with Crippen LogP contribution in [0.5, 0.6) is 0 Å². The first-order valence-corrected chi connectivity index (χ1v) is 8.76. The summed E-state index contributed by atoms with van der Waals surface area (Å²) in [5.74, 6) is -1.36. The lowest BCUT2D eigenvalue weighted by Gasteiger charge is -2.26. The zero-order chi connectivity index (χ0) is 17.1. The fourth-order valence-corrected chi connectivity index (χ4v) is 3.10. The number of amides is 1. The van der Waals surface area contributed by atoms with Crippen molar-refractivity contribution in [2.75, 3.05) is 12.8 Å². The van der Waals surface area contributed by atoms with Gasteiger partial charge in [-0.05, 0) is 38.5 Å². The minimum Gasteiger partial charge on any atom is -0.481 e. The maximum atomic E-state index is 12.5. The van der Waals surface area contributed by atoms with E-state index in [0.717, 1.165) is 6.26 Å². The Hall–Kier alpha value is -1.89. The Morgan fingerprint density at radius 2 is 1.86 bits per heavy atom. The summed E-state index contributed by atoms with van der Waals surface area (Å²) in [6.45, 7) is 5.31. The number of hydrogen-bond donors (Lipinski definition) is 1. The number of aliphatic carboxylic acids is 1. The van der Waals surface area contributed by atoms with Crippen LogP contribution in [-0.4, -0.2) is 49.1 Å². The predicted octanol–water partition coefficient (Wildman–Crippen LogP) is 1.72. The summed E-state index contributed by atoms with van der Waals surface area (Å²) >= 11 is 0. The molecule has 0 aliphatic rings. The smallest absolute Gasteiger partial charge is 0.305 e. The lowest BCUT2D eigenvalue weighted by molar-refractivity contribution is -0.137. The number of hydrogen-bond acceptors (Lipinski definition) is 4. The van der Waals surface area contributed by atoms with Gasteiger partial charge in [-0.3, -0.25) is 9.59 Å². The maximum Gasteiger partial charge on any atom is 0.305 e. The van der Waals surface area contributed by atoms with Crippen LogP contribution in [-0.2, 0) is 14.6 Å². The van der Waals surface area contributed by atoms with E-state index in [9.17, 15) is 18.0 Å². The average Bonchev–Trinajstić information content (AvgIpc) is 2.37. The highest BCUT2D eigenvalue weighted by Crippen LogP contribution is 2.19. The van der Waals surface area contributed by atoms with Gasteiger partial charge in [-0.1, -0.05) is 6.07 Å². The van der Waals surface area contributed by atoms with Crippen molar-refractivity contribution < 1.29 is 23.1 Å². The van der Waals surface area contributed by atoms with E-state index < -0.39 is 15.8 Å². The Bertz CT molecular complexity index is 679. The number of carboxylic acid groups (broad SMARTS) is 1. The van der Waals surface area contributed by atoms with E-state index in [4.69, 9.17) is 5.11 Å². The first kappa shape index (κ1) is 18.2. The zero-order valence-corrected chi connectivity index (χ0v) is 14.0. The van der Waals surface area contributed by atoms with Crippen LogP contribution in [0.4, 0.5) is 0 Å². The van der Waals surface area contributed by atoms with Crippen LogP contribution in [0.15, 0.2) is 23.1 Å². The summed E-state index contributed by atoms with van der Waals surface area (Å²) in [4.78, 5) is 24.8. The van der Waals surface area contributed by atoms with Crippen LogP contribution >= 0.6 is 0 Å². The largest absolute Gasteiger partial charge is 0.481 e. The number of sulfone groups is 1. The van der Waals surface area contributed by atoms with Crippen molar-refractivity contribution in [3.8, 4) is 0 Å². The van der Waals surface area contributed by atoms with E-state index in [2.05, 4.69) is 0 Å². The summed E-state index contributed by atoms with van der Waals surface area (Å²) in [6, 6.07) is 4.31. The third-order valence-electron chi connectivity index (χ3n) is 3.29. The van der Waals surface area contributed by atoms with Gasteiger partial charge in [0.15, 0.2) is 9.84 Å². The third kappa shape index (κ3) is 4.56. The molecule has 0 aliphatic carbocycles. The SMILES string of the molecule is Cc1ccc(C(=O)N(CCC(=O)O)C(C)C)cc1S(C)(=O)=O. The highest BCUT2D eigenvalue weighted by atomic mass is 32.2. The molecule has 0 aliphatic heterocycles. The predicted molar refractivity (Wildman–Crippen MR) is 82.7 cm³/mol. The molecular formula is C15H21NO5S. The molecule has 0 heterocycles. The van der Waals surface area contributed by atoms with Crippen molar-refractivity contribution in [3.05, 3.63) is 29.3 Å². The molecule has 0 fully saturated rings. The summed E-state index contributed by atoms with van der Waals surface area (Å²) in [7, 11) is -3.43. The van der Waals surface area contributed by atoms with Gasteiger partial charge in [0, 0.05) is 24.4 Å². The van der Waals surface area contributed by atoms with Crippen molar-refractivity contribution in [2.24, 2.45) is 0 Å². The van der Waals surface area contributed by atoms with Gasteiger partial charge in [-0.15, -0.1) is 0 Å². The number of carbonyl (C=O) groups excluding carboxylic acids is 1. The molecule has 1 amide bonds. The van der Waals surface area contributed by atoms with Gasteiger partial charge in [-0.2, -0.15) is 0 Å². The minimum absolute atomic E-state index is 0.0773. The first-order chi connectivity index (χ1) is 10.0. The Morgan fingerprint density at radius 1 is 1.27 bits per heavy atom. The third-order valence-corrected chi connectivity index (χ3v) is 4.52. The molecular weight excluding hydrogens is 306 g/mol. The molecule has 0 spiro atoms. The summed E-state index contributed by atoms with van der Waals surface area (Å²) < 4.78 is 23.5. The monoisotopic (exact) mass is 327 g/mol. The van der Waals surface area contributed by atoms with Gasteiger partial charge < -0.3 is 10.0 Å². The molecule has 0 saturated carbocycles. The van der Waals surface area contributed by atoms with Crippen LogP contribution in [0.1, 0.15) is 36.2 Å². The minimum atomic E-state index is -3.43. The normalized spacial score (nSPS) is 11.5. The first-order valence-electron chi connectivity index (χ1n) is 6.87. The lowest BCUT2D eigenvalue weighted by Crippen LogP contribution is -2.38. The summed E-state index contributed by atoms with van der Waals surface area (Å²) in [5, 5.41) is 8.77. The van der Waals surface area contributed by atoms with E-state index >= 15 is 0 Å². The van der Waals surface area contributed by atoms with Gasteiger partial charge >= 0.3 is 5.97 Å². The highest BCUT2D eigenvalue weighted by Gasteiger charge is 2.21. The van der Waals surface area contributed by atoms with E-state index in [0.29, 0.717) is 5.56 Å². The average molecular weight is 327 g/mol. The molecule has 0 saturated heterocycles. The topological polar surface area (TPSA) is 91.8 Å². The number of carboxylic acids is 1. The van der Waals surface area contributed by atoms with Crippen LogP contribution in [0, 0.1) is 6.92 Å². The number of rotatable bonds is 6. The standard InChI is InChI=1S/C15H21NO5S/c1-10(2)16(8-7-14(17)18)15(19)12-6-5-11(3)13(9-12)22(4,20)21/h5-6,9-10H,7-8H2,1-4H3,(H,17,18). The molecule has 1 aromatic rings. The van der Waals surface area contributed by atoms with Crippen LogP contribution in [0.2, 0.25) is 0 Å². The highest BCUT2D eigenvalue weighted by molar-refractivity contribution is 7.90. The van der Waals surface area contributed by atoms with E-state index in [1.165, 1.54) is 11.0 Å². The van der Waals surface area contributed by atoms with Gasteiger partial charge in [-0.25, -0.2) is 8.42 Å². The maximum absolute atomic E-state index is 12.5.